The molecule has 0 saturated carbocycles. The second-order valence-electron chi connectivity index (χ2n) is 12.9. The van der Waals surface area contributed by atoms with Gasteiger partial charge in [-0.1, -0.05) is 13.8 Å². The SMILES string of the molecule is CC(C)C1(F)CCc2nc3c(F)cc(C(N)=O)c([C@@H](CCN4CCC(O)CC4)c4cnc(NS(=O)(=O)N(C)C)c(F)c4)c3cc2C1. The molecule has 1 aliphatic heterocycles. The van der Waals surface area contributed by atoms with E-state index in [0.29, 0.717) is 67.7 Å². The minimum Gasteiger partial charge on any atom is -0.393 e. The third-order valence-electron chi connectivity index (χ3n) is 9.44. The third-order valence-corrected chi connectivity index (χ3v) is 10.9. The summed E-state index contributed by atoms with van der Waals surface area (Å²) >= 11 is 0. The van der Waals surface area contributed by atoms with Crippen LogP contribution in [0, 0.1) is 17.6 Å². The number of nitrogens with one attached hydrogen (secondary N) is 1. The summed E-state index contributed by atoms with van der Waals surface area (Å²) in [6, 6.07) is 3.87. The standard InChI is InChI=1S/C32H41F3N6O4S/c1-18(2)32(35)9-5-27-19(16-32)13-23-28(24(30(36)43)15-25(33)29(23)38-27)22(8-12-41-10-6-21(42)7-11-41)20-14-26(34)31(37-17-20)39-46(44,45)40(3)4/h13-15,17-18,21-22,42H,5-12,16H2,1-4H3,(H2,36,43)(H,37,39)/t22-,32?/m0/s1. The van der Waals surface area contributed by atoms with E-state index >= 15 is 13.2 Å². The Morgan fingerprint density at radius 3 is 2.50 bits per heavy atom. The average Bonchev–Trinajstić information content (AvgIpc) is 2.99. The number of amides is 1. The second-order valence-corrected chi connectivity index (χ2v) is 14.8. The van der Waals surface area contributed by atoms with Gasteiger partial charge in [-0.15, -0.1) is 0 Å². The lowest BCUT2D eigenvalue weighted by atomic mass is 9.76. The lowest BCUT2D eigenvalue weighted by Crippen LogP contribution is -2.37. The zero-order valence-electron chi connectivity index (χ0n) is 26.5. The van der Waals surface area contributed by atoms with Gasteiger partial charge in [0.2, 0.25) is 5.91 Å². The molecule has 0 bridgehead atoms. The Morgan fingerprint density at radius 1 is 1.20 bits per heavy atom. The Hall–Kier alpha value is -3.33. The first-order valence-electron chi connectivity index (χ1n) is 15.5. The molecule has 14 heteroatoms. The molecule has 3 aromatic rings. The van der Waals surface area contributed by atoms with Crippen molar-refractivity contribution < 1.29 is 31.5 Å². The van der Waals surface area contributed by atoms with E-state index in [-0.39, 0.29) is 35.2 Å². The number of alkyl halides is 1. The third kappa shape index (κ3) is 6.85. The van der Waals surface area contributed by atoms with Gasteiger partial charge in [0.1, 0.15) is 17.0 Å². The Kier molecular flexibility index (Phi) is 9.65. The minimum atomic E-state index is -4.05. The van der Waals surface area contributed by atoms with Gasteiger partial charge in [-0.2, -0.15) is 12.7 Å². The molecule has 1 aromatic carbocycles. The van der Waals surface area contributed by atoms with Crippen LogP contribution >= 0.6 is 0 Å². The van der Waals surface area contributed by atoms with Crippen LogP contribution in [0.15, 0.2) is 24.4 Å². The van der Waals surface area contributed by atoms with Gasteiger partial charge in [0, 0.05) is 62.4 Å². The number of piperidine rings is 1. The largest absolute Gasteiger partial charge is 0.393 e. The molecule has 46 heavy (non-hydrogen) atoms. The first-order valence-corrected chi connectivity index (χ1v) is 16.9. The number of anilines is 1. The molecular weight excluding hydrogens is 621 g/mol. The number of likely N-dealkylation sites (tertiary alicyclic amines) is 1. The van der Waals surface area contributed by atoms with E-state index in [0.717, 1.165) is 16.4 Å². The van der Waals surface area contributed by atoms with Crippen LogP contribution in [0.4, 0.5) is 19.0 Å². The number of primary amides is 1. The molecule has 250 valence electrons. The molecule has 0 spiro atoms. The minimum absolute atomic E-state index is 0.00421. The van der Waals surface area contributed by atoms with Crippen LogP contribution in [0.5, 0.6) is 0 Å². The Bertz CT molecular complexity index is 1750. The molecule has 1 amide bonds. The number of nitrogens with zero attached hydrogens (tertiary/aromatic N) is 4. The number of carbonyl (C=O) groups excluding carboxylic acids is 1. The molecule has 1 unspecified atom stereocenters. The number of pyridine rings is 2. The highest BCUT2D eigenvalue weighted by molar-refractivity contribution is 7.90. The first-order chi connectivity index (χ1) is 21.6. The first kappa shape index (κ1) is 34.0. The fourth-order valence-electron chi connectivity index (χ4n) is 6.44. The summed E-state index contributed by atoms with van der Waals surface area (Å²) in [7, 11) is -1.48. The number of hydrogen-bond donors (Lipinski definition) is 3. The topological polar surface area (TPSA) is 142 Å². The van der Waals surface area contributed by atoms with Gasteiger partial charge in [-0.05, 0) is 79.5 Å². The van der Waals surface area contributed by atoms with Crippen LogP contribution in [0.25, 0.3) is 10.9 Å². The zero-order valence-corrected chi connectivity index (χ0v) is 27.3. The van der Waals surface area contributed by atoms with Crippen molar-refractivity contribution in [1.29, 1.82) is 0 Å². The summed E-state index contributed by atoms with van der Waals surface area (Å²) in [6.07, 6.45) is 3.08. The highest BCUT2D eigenvalue weighted by Gasteiger charge is 2.39. The summed E-state index contributed by atoms with van der Waals surface area (Å²) in [5, 5.41) is 10.3. The Balaban J connectivity index is 1.67. The van der Waals surface area contributed by atoms with Crippen molar-refractivity contribution in [3.63, 3.8) is 0 Å². The molecule has 1 saturated heterocycles. The van der Waals surface area contributed by atoms with Crippen LogP contribution in [-0.4, -0.2) is 84.1 Å². The number of carbonyl (C=O) groups is 1. The fourth-order valence-corrected chi connectivity index (χ4v) is 7.01. The molecular formula is C32H41F3N6O4S. The summed E-state index contributed by atoms with van der Waals surface area (Å²) in [5.74, 6) is -4.14. The van der Waals surface area contributed by atoms with Crippen LogP contribution < -0.4 is 10.5 Å². The van der Waals surface area contributed by atoms with E-state index in [2.05, 4.69) is 19.6 Å². The fraction of sp³-hybridized carbons (Fsp3) is 0.531. The van der Waals surface area contributed by atoms with Crippen LogP contribution in [0.2, 0.25) is 0 Å². The van der Waals surface area contributed by atoms with Crippen molar-refractivity contribution in [2.75, 3.05) is 38.5 Å². The second kappa shape index (κ2) is 13.1. The van der Waals surface area contributed by atoms with E-state index in [1.54, 1.807) is 6.07 Å². The molecule has 10 nitrogen and oxygen atoms in total. The molecule has 2 aliphatic rings. The lowest BCUT2D eigenvalue weighted by Gasteiger charge is -2.34. The Labute approximate surface area is 267 Å². The average molecular weight is 663 g/mol. The molecule has 1 fully saturated rings. The van der Waals surface area contributed by atoms with E-state index in [4.69, 9.17) is 5.73 Å². The number of hydrogen-bond acceptors (Lipinski definition) is 7. The number of aromatic nitrogens is 2. The summed E-state index contributed by atoms with van der Waals surface area (Å²) in [6.45, 7) is 5.36. The normalized spacial score (nSPS) is 20.3. The van der Waals surface area contributed by atoms with Gasteiger partial charge in [0.15, 0.2) is 11.6 Å². The smallest absolute Gasteiger partial charge is 0.302 e. The molecule has 4 N–H and O–H groups in total. The maximum atomic E-state index is 15.9. The zero-order chi connectivity index (χ0) is 33.6. The van der Waals surface area contributed by atoms with E-state index < -0.39 is 51.3 Å². The number of aliphatic hydroxyl groups is 1. The predicted molar refractivity (Wildman–Crippen MR) is 169 cm³/mol. The number of aryl methyl sites for hydroxylation is 1. The van der Waals surface area contributed by atoms with Crippen molar-refractivity contribution in [3.8, 4) is 0 Å². The van der Waals surface area contributed by atoms with Gasteiger partial charge in [-0.3, -0.25) is 9.52 Å². The van der Waals surface area contributed by atoms with Crippen molar-refractivity contribution in [1.82, 2.24) is 19.2 Å². The number of aliphatic hydroxyl groups excluding tert-OH is 1. The molecule has 5 rings (SSSR count). The predicted octanol–water partition coefficient (Wildman–Crippen LogP) is 4.06. The van der Waals surface area contributed by atoms with Gasteiger partial charge >= 0.3 is 10.2 Å². The maximum absolute atomic E-state index is 15.9. The van der Waals surface area contributed by atoms with E-state index in [9.17, 15) is 18.3 Å². The van der Waals surface area contributed by atoms with Crippen LogP contribution in [-0.2, 0) is 23.1 Å². The lowest BCUT2D eigenvalue weighted by molar-refractivity contribution is 0.0815. The van der Waals surface area contributed by atoms with Gasteiger partial charge in [0.25, 0.3) is 0 Å². The van der Waals surface area contributed by atoms with Crippen molar-refractivity contribution in [2.24, 2.45) is 11.7 Å². The molecule has 3 heterocycles. The highest BCUT2D eigenvalue weighted by atomic mass is 32.2. The number of halogens is 3. The van der Waals surface area contributed by atoms with Gasteiger partial charge in [0.05, 0.1) is 6.10 Å². The van der Waals surface area contributed by atoms with Crippen LogP contribution in [0.1, 0.15) is 78.2 Å². The maximum Gasteiger partial charge on any atom is 0.302 e. The van der Waals surface area contributed by atoms with Crippen LogP contribution in [0.3, 0.4) is 0 Å². The molecule has 2 atom stereocenters. The molecule has 0 radical (unpaired) electrons. The Morgan fingerprint density at radius 2 is 1.89 bits per heavy atom. The number of rotatable bonds is 10. The van der Waals surface area contributed by atoms with E-state index in [1.165, 1.54) is 20.3 Å². The number of benzene rings is 1. The summed E-state index contributed by atoms with van der Waals surface area (Å²) in [4.78, 5) is 23.7. The monoisotopic (exact) mass is 662 g/mol. The summed E-state index contributed by atoms with van der Waals surface area (Å²) < 4.78 is 74.8. The quantitative estimate of drug-likeness (QED) is 0.297. The van der Waals surface area contributed by atoms with Crippen molar-refractivity contribution >= 4 is 32.8 Å². The molecule has 2 aromatic heterocycles. The molecule has 1 aliphatic carbocycles. The van der Waals surface area contributed by atoms with Gasteiger partial charge in [-0.25, -0.2) is 23.1 Å². The van der Waals surface area contributed by atoms with Crippen molar-refractivity contribution in [3.05, 3.63) is 64.0 Å². The number of nitrogens with two attached hydrogens (primary N) is 1. The van der Waals surface area contributed by atoms with Crippen molar-refractivity contribution in [2.45, 2.75) is 70.1 Å². The highest BCUT2D eigenvalue weighted by Crippen LogP contribution is 2.42. The number of fused-ring (bicyclic) bond motifs is 2. The van der Waals surface area contributed by atoms with Gasteiger partial charge < -0.3 is 15.7 Å². The van der Waals surface area contributed by atoms with E-state index in [1.807, 2.05) is 13.8 Å². The summed E-state index contributed by atoms with van der Waals surface area (Å²) in [5.41, 5.74) is 6.05.